The van der Waals surface area contributed by atoms with Gasteiger partial charge in [-0.3, -0.25) is 14.9 Å². The molecule has 0 aliphatic heterocycles. The number of rotatable bonds is 13. The van der Waals surface area contributed by atoms with Gasteiger partial charge in [0.15, 0.2) is 0 Å². The maximum Gasteiger partial charge on any atom is 0.269 e. The summed E-state index contributed by atoms with van der Waals surface area (Å²) in [5, 5.41) is 10.9. The highest BCUT2D eigenvalue weighted by Crippen LogP contribution is 2.21. The molecule has 7 heteroatoms. The van der Waals surface area contributed by atoms with Crippen LogP contribution in [0, 0.1) is 10.1 Å². The third-order valence-electron chi connectivity index (χ3n) is 5.69. The first kappa shape index (κ1) is 26.6. The van der Waals surface area contributed by atoms with Crippen molar-refractivity contribution in [2.24, 2.45) is 0 Å². The third-order valence-corrected chi connectivity index (χ3v) is 5.69. The lowest BCUT2D eigenvalue weighted by Crippen LogP contribution is -2.31. The molecule has 3 aromatic carbocycles. The van der Waals surface area contributed by atoms with Crippen LogP contribution in [0.25, 0.3) is 6.08 Å². The summed E-state index contributed by atoms with van der Waals surface area (Å²) in [6.45, 7) is 2.39. The Bertz CT molecular complexity index is 1140. The zero-order valence-corrected chi connectivity index (χ0v) is 20.9. The second-order valence-corrected chi connectivity index (χ2v) is 8.79. The molecule has 0 bridgehead atoms. The van der Waals surface area contributed by atoms with Gasteiger partial charge in [-0.2, -0.15) is 0 Å². The number of hydrogen-bond donors (Lipinski definition) is 0. The number of non-ortho nitro benzene ring substituents is 1. The summed E-state index contributed by atoms with van der Waals surface area (Å²) in [4.78, 5) is 27.7. The minimum atomic E-state index is -0.413. The Morgan fingerprint density at radius 1 is 0.944 bits per heavy atom. The smallest absolute Gasteiger partial charge is 0.269 e. The van der Waals surface area contributed by atoms with E-state index < -0.39 is 4.92 Å². The van der Waals surface area contributed by atoms with Crippen LogP contribution in [-0.4, -0.2) is 54.4 Å². The Balaban J connectivity index is 1.74. The van der Waals surface area contributed by atoms with Crippen molar-refractivity contribution >= 4 is 17.7 Å². The molecule has 0 N–H and O–H groups in total. The van der Waals surface area contributed by atoms with E-state index in [0.717, 1.165) is 35.4 Å². The van der Waals surface area contributed by atoms with Gasteiger partial charge in [0.1, 0.15) is 5.75 Å². The number of para-hydroxylation sites is 1. The van der Waals surface area contributed by atoms with Gasteiger partial charge in [-0.25, -0.2) is 0 Å². The van der Waals surface area contributed by atoms with Crippen molar-refractivity contribution in [2.45, 2.75) is 19.4 Å². The van der Waals surface area contributed by atoms with Crippen LogP contribution >= 0.6 is 0 Å². The molecule has 0 aliphatic rings. The maximum absolute atomic E-state index is 13.2. The van der Waals surface area contributed by atoms with Crippen molar-refractivity contribution in [2.75, 3.05) is 33.8 Å². The fourth-order valence-electron chi connectivity index (χ4n) is 3.70. The van der Waals surface area contributed by atoms with Crippen LogP contribution in [0.15, 0.2) is 84.9 Å². The summed E-state index contributed by atoms with van der Waals surface area (Å²) < 4.78 is 6.05. The number of amides is 1. The molecule has 36 heavy (non-hydrogen) atoms. The monoisotopic (exact) mass is 487 g/mol. The molecular weight excluding hydrogens is 454 g/mol. The van der Waals surface area contributed by atoms with Crippen LogP contribution in [0.1, 0.15) is 23.1 Å². The quantitative estimate of drug-likeness (QED) is 0.143. The number of hydrogen-bond acceptors (Lipinski definition) is 5. The predicted molar refractivity (Wildman–Crippen MR) is 143 cm³/mol. The molecule has 3 rings (SSSR count). The summed E-state index contributed by atoms with van der Waals surface area (Å²) in [5.74, 6) is 0.666. The molecule has 7 nitrogen and oxygen atoms in total. The summed E-state index contributed by atoms with van der Waals surface area (Å²) in [6, 6.07) is 23.9. The van der Waals surface area contributed by atoms with Gasteiger partial charge in [0.2, 0.25) is 5.91 Å². The Hall–Kier alpha value is -3.97. The molecule has 0 spiro atoms. The molecule has 0 radical (unpaired) electrons. The molecule has 0 saturated heterocycles. The summed E-state index contributed by atoms with van der Waals surface area (Å²) >= 11 is 0. The van der Waals surface area contributed by atoms with Crippen molar-refractivity contribution in [3.8, 4) is 5.75 Å². The molecule has 188 valence electrons. The number of benzene rings is 3. The molecule has 0 atom stereocenters. The molecule has 0 heterocycles. The normalized spacial score (nSPS) is 11.1. The highest BCUT2D eigenvalue weighted by atomic mass is 16.6. The summed E-state index contributed by atoms with van der Waals surface area (Å²) in [7, 11) is 4.07. The summed E-state index contributed by atoms with van der Waals surface area (Å²) in [6.07, 6.45) is 4.88. The number of nitro benzene ring substituents is 1. The van der Waals surface area contributed by atoms with Gasteiger partial charge in [-0.15, -0.1) is 0 Å². The Morgan fingerprint density at radius 3 is 2.33 bits per heavy atom. The van der Waals surface area contributed by atoms with Crippen LogP contribution in [0.5, 0.6) is 5.75 Å². The lowest BCUT2D eigenvalue weighted by Gasteiger charge is -2.23. The van der Waals surface area contributed by atoms with E-state index in [0.29, 0.717) is 26.1 Å². The lowest BCUT2D eigenvalue weighted by atomic mass is 10.1. The highest BCUT2D eigenvalue weighted by molar-refractivity contribution is 5.91. The average molecular weight is 488 g/mol. The minimum absolute atomic E-state index is 0.0535. The van der Waals surface area contributed by atoms with E-state index in [4.69, 9.17) is 4.74 Å². The predicted octanol–water partition coefficient (Wildman–Crippen LogP) is 5.21. The van der Waals surface area contributed by atoms with Crippen LogP contribution in [0.4, 0.5) is 5.69 Å². The van der Waals surface area contributed by atoms with Gasteiger partial charge in [0.05, 0.1) is 11.5 Å². The molecule has 0 unspecified atom stereocenters. The van der Waals surface area contributed by atoms with Crippen molar-refractivity contribution in [1.82, 2.24) is 9.80 Å². The third kappa shape index (κ3) is 8.67. The fourth-order valence-corrected chi connectivity index (χ4v) is 3.70. The van der Waals surface area contributed by atoms with E-state index in [1.807, 2.05) is 74.8 Å². The second kappa shape index (κ2) is 13.8. The van der Waals surface area contributed by atoms with Crippen molar-refractivity contribution in [3.63, 3.8) is 0 Å². The maximum atomic E-state index is 13.2. The number of ether oxygens (including phenoxy) is 1. The van der Waals surface area contributed by atoms with E-state index in [2.05, 4.69) is 4.90 Å². The van der Waals surface area contributed by atoms with E-state index >= 15 is 0 Å². The molecule has 0 fully saturated rings. The van der Waals surface area contributed by atoms with E-state index in [1.54, 1.807) is 23.1 Å². The molecular formula is C29H33N3O4. The zero-order valence-electron chi connectivity index (χ0n) is 20.9. The molecule has 3 aromatic rings. The molecule has 0 aliphatic carbocycles. The molecule has 0 aromatic heterocycles. The standard InChI is InChI=1S/C29H33N3O4/c1-30(2)20-8-22-36-28-12-7-6-11-26(28)23-31(29(33)18-15-24-9-4-3-5-10-24)21-19-25-13-16-27(17-14-25)32(34)35/h3-7,9-18H,8,19-23H2,1-2H3. The Morgan fingerprint density at radius 2 is 1.64 bits per heavy atom. The molecule has 0 saturated carbocycles. The van der Waals surface area contributed by atoms with Crippen LogP contribution < -0.4 is 4.74 Å². The topological polar surface area (TPSA) is 75.9 Å². The van der Waals surface area contributed by atoms with Crippen LogP contribution in [0.2, 0.25) is 0 Å². The minimum Gasteiger partial charge on any atom is -0.493 e. The van der Waals surface area contributed by atoms with Crippen LogP contribution in [-0.2, 0) is 17.8 Å². The van der Waals surface area contributed by atoms with Gasteiger partial charge in [0.25, 0.3) is 5.69 Å². The molecule has 1 amide bonds. The largest absolute Gasteiger partial charge is 0.493 e. The lowest BCUT2D eigenvalue weighted by molar-refractivity contribution is -0.384. The fraction of sp³-hybridized carbons (Fsp3) is 0.276. The van der Waals surface area contributed by atoms with Gasteiger partial charge in [0, 0.05) is 43.4 Å². The number of nitro groups is 1. The van der Waals surface area contributed by atoms with Crippen LogP contribution in [0.3, 0.4) is 0 Å². The number of carbonyl (C=O) groups is 1. The van der Waals surface area contributed by atoms with E-state index in [9.17, 15) is 14.9 Å². The Labute approximate surface area is 212 Å². The van der Waals surface area contributed by atoms with Gasteiger partial charge in [-0.05, 0) is 50.2 Å². The second-order valence-electron chi connectivity index (χ2n) is 8.79. The van der Waals surface area contributed by atoms with Crippen molar-refractivity contribution in [1.29, 1.82) is 0 Å². The van der Waals surface area contributed by atoms with Gasteiger partial charge < -0.3 is 14.5 Å². The SMILES string of the molecule is CN(C)CCCOc1ccccc1CN(CCc1ccc([N+](=O)[O-])cc1)C(=O)C=Cc1ccccc1. The Kier molecular flexibility index (Phi) is 10.2. The van der Waals surface area contributed by atoms with Crippen molar-refractivity contribution in [3.05, 3.63) is 112 Å². The average Bonchev–Trinajstić information content (AvgIpc) is 2.89. The number of nitrogens with zero attached hydrogens (tertiary/aromatic N) is 3. The first-order valence-corrected chi connectivity index (χ1v) is 12.0. The van der Waals surface area contributed by atoms with Gasteiger partial charge >= 0.3 is 0 Å². The highest BCUT2D eigenvalue weighted by Gasteiger charge is 2.15. The van der Waals surface area contributed by atoms with E-state index in [1.165, 1.54) is 12.1 Å². The zero-order chi connectivity index (χ0) is 25.8. The summed E-state index contributed by atoms with van der Waals surface area (Å²) in [5.41, 5.74) is 2.87. The first-order chi connectivity index (χ1) is 17.4. The van der Waals surface area contributed by atoms with Crippen molar-refractivity contribution < 1.29 is 14.5 Å². The first-order valence-electron chi connectivity index (χ1n) is 12.0. The van der Waals surface area contributed by atoms with E-state index in [-0.39, 0.29) is 11.6 Å². The number of carbonyl (C=O) groups excluding carboxylic acids is 1. The van der Waals surface area contributed by atoms with Gasteiger partial charge in [-0.1, -0.05) is 60.7 Å².